The molecular weight excluding hydrogens is 150 g/mol. The number of fused-ring (bicyclic) bond motifs is 2. The Morgan fingerprint density at radius 3 is 2.20 bits per heavy atom. The fourth-order valence-electron chi connectivity index (χ4n) is 2.10. The van der Waals surface area contributed by atoms with Crippen molar-refractivity contribution in [3.05, 3.63) is 0 Å². The maximum absolute atomic E-state index is 8.98. The second-order valence-corrected chi connectivity index (χ2v) is 3.36. The first-order valence-electron chi connectivity index (χ1n) is 3.73. The molecule has 0 aromatic carbocycles. The van der Waals surface area contributed by atoms with Crippen molar-refractivity contribution in [2.75, 3.05) is 6.61 Å². The average molecular weight is 164 g/mol. The standard InChI is InChI=1S/C7H13NO.ClH/c9-5-7-3-1-6(8-7)2-4-7;/h6,8-9H,1-5H2;1H. The maximum atomic E-state index is 8.98. The van der Waals surface area contributed by atoms with E-state index in [1.54, 1.807) is 0 Å². The van der Waals surface area contributed by atoms with Crippen molar-refractivity contribution >= 4 is 12.4 Å². The van der Waals surface area contributed by atoms with E-state index in [9.17, 15) is 0 Å². The Hall–Kier alpha value is 0.210. The van der Waals surface area contributed by atoms with Gasteiger partial charge in [-0.15, -0.1) is 12.4 Å². The summed E-state index contributed by atoms with van der Waals surface area (Å²) >= 11 is 0. The van der Waals surface area contributed by atoms with Gasteiger partial charge in [0.1, 0.15) is 0 Å². The van der Waals surface area contributed by atoms with Crippen LogP contribution in [0, 0.1) is 0 Å². The van der Waals surface area contributed by atoms with E-state index in [4.69, 9.17) is 5.11 Å². The van der Waals surface area contributed by atoms with Crippen molar-refractivity contribution in [3.63, 3.8) is 0 Å². The van der Waals surface area contributed by atoms with Crippen molar-refractivity contribution in [2.45, 2.75) is 37.3 Å². The van der Waals surface area contributed by atoms with Gasteiger partial charge in [-0.05, 0) is 25.7 Å². The third-order valence-corrected chi connectivity index (χ3v) is 2.76. The second-order valence-electron chi connectivity index (χ2n) is 3.36. The van der Waals surface area contributed by atoms with Crippen LogP contribution in [0.5, 0.6) is 0 Å². The number of aliphatic hydroxyl groups is 1. The van der Waals surface area contributed by atoms with Crippen molar-refractivity contribution in [2.24, 2.45) is 0 Å². The lowest BCUT2D eigenvalue weighted by molar-refractivity contribution is 0.183. The molecule has 2 aliphatic rings. The topological polar surface area (TPSA) is 32.3 Å². The zero-order chi connectivity index (χ0) is 6.32. The highest BCUT2D eigenvalue weighted by molar-refractivity contribution is 5.85. The van der Waals surface area contributed by atoms with Crippen LogP contribution in [-0.2, 0) is 0 Å². The zero-order valence-corrected chi connectivity index (χ0v) is 6.78. The Balaban J connectivity index is 0.000000500. The van der Waals surface area contributed by atoms with Crippen LogP contribution in [0.15, 0.2) is 0 Å². The van der Waals surface area contributed by atoms with E-state index >= 15 is 0 Å². The van der Waals surface area contributed by atoms with E-state index in [1.807, 2.05) is 0 Å². The van der Waals surface area contributed by atoms with Gasteiger partial charge in [-0.2, -0.15) is 0 Å². The second kappa shape index (κ2) is 2.68. The molecule has 2 rings (SSSR count). The lowest BCUT2D eigenvalue weighted by atomic mass is 9.89. The summed E-state index contributed by atoms with van der Waals surface area (Å²) in [5, 5.41) is 12.4. The predicted octanol–water partition coefficient (Wildman–Crippen LogP) is 0.685. The summed E-state index contributed by atoms with van der Waals surface area (Å²) in [4.78, 5) is 0. The largest absolute Gasteiger partial charge is 0.394 e. The minimum Gasteiger partial charge on any atom is -0.394 e. The maximum Gasteiger partial charge on any atom is 0.0613 e. The molecule has 0 aromatic heterocycles. The van der Waals surface area contributed by atoms with Crippen molar-refractivity contribution in [3.8, 4) is 0 Å². The fourth-order valence-corrected chi connectivity index (χ4v) is 2.10. The van der Waals surface area contributed by atoms with Crippen LogP contribution in [0.3, 0.4) is 0 Å². The molecule has 0 radical (unpaired) electrons. The van der Waals surface area contributed by atoms with E-state index in [0.717, 1.165) is 6.04 Å². The molecule has 0 atom stereocenters. The van der Waals surface area contributed by atoms with Crippen LogP contribution in [0.4, 0.5) is 0 Å². The first kappa shape index (κ1) is 8.31. The number of nitrogens with one attached hydrogen (secondary N) is 1. The third kappa shape index (κ3) is 1.04. The minimum absolute atomic E-state index is 0. The molecule has 2 heterocycles. The molecule has 2 saturated heterocycles. The van der Waals surface area contributed by atoms with Gasteiger partial charge in [-0.25, -0.2) is 0 Å². The van der Waals surface area contributed by atoms with E-state index in [0.29, 0.717) is 6.61 Å². The van der Waals surface area contributed by atoms with Gasteiger partial charge in [0.05, 0.1) is 6.61 Å². The van der Waals surface area contributed by atoms with Crippen LogP contribution < -0.4 is 5.32 Å². The fraction of sp³-hybridized carbons (Fsp3) is 1.00. The van der Waals surface area contributed by atoms with Gasteiger partial charge in [-0.1, -0.05) is 0 Å². The first-order valence-corrected chi connectivity index (χ1v) is 3.73. The Kier molecular flexibility index (Phi) is 2.23. The molecule has 0 saturated carbocycles. The molecule has 2 N–H and O–H groups in total. The van der Waals surface area contributed by atoms with Gasteiger partial charge in [0, 0.05) is 11.6 Å². The van der Waals surface area contributed by atoms with Crippen molar-refractivity contribution < 1.29 is 5.11 Å². The number of rotatable bonds is 1. The zero-order valence-electron chi connectivity index (χ0n) is 5.97. The van der Waals surface area contributed by atoms with Crippen LogP contribution in [0.2, 0.25) is 0 Å². The highest BCUT2D eigenvalue weighted by atomic mass is 35.5. The lowest BCUT2D eigenvalue weighted by Gasteiger charge is -2.22. The van der Waals surface area contributed by atoms with E-state index in [1.165, 1.54) is 25.7 Å². The monoisotopic (exact) mass is 163 g/mol. The summed E-state index contributed by atoms with van der Waals surface area (Å²) < 4.78 is 0. The van der Waals surface area contributed by atoms with Gasteiger partial charge in [0.2, 0.25) is 0 Å². The molecule has 3 heteroatoms. The number of halogens is 1. The van der Waals surface area contributed by atoms with Gasteiger partial charge in [-0.3, -0.25) is 0 Å². The Bertz CT molecular complexity index is 121. The molecular formula is C7H14ClNO. The van der Waals surface area contributed by atoms with Gasteiger partial charge >= 0.3 is 0 Å². The molecule has 0 amide bonds. The molecule has 2 nitrogen and oxygen atoms in total. The minimum atomic E-state index is 0. The van der Waals surface area contributed by atoms with E-state index in [2.05, 4.69) is 5.32 Å². The van der Waals surface area contributed by atoms with Crippen LogP contribution in [-0.4, -0.2) is 23.3 Å². The Labute approximate surface area is 67.4 Å². The highest BCUT2D eigenvalue weighted by Crippen LogP contribution is 2.36. The lowest BCUT2D eigenvalue weighted by Crippen LogP contribution is -2.39. The molecule has 0 aliphatic carbocycles. The SMILES string of the molecule is Cl.OCC12CCC(CC1)N2. The number of hydrogen-bond donors (Lipinski definition) is 2. The summed E-state index contributed by atoms with van der Waals surface area (Å²) in [5.74, 6) is 0. The van der Waals surface area contributed by atoms with Crippen molar-refractivity contribution in [1.29, 1.82) is 0 Å². The quantitative estimate of drug-likeness (QED) is 0.596. The van der Waals surface area contributed by atoms with E-state index in [-0.39, 0.29) is 17.9 Å². The summed E-state index contributed by atoms with van der Waals surface area (Å²) in [6.45, 7) is 0.337. The third-order valence-electron chi connectivity index (χ3n) is 2.76. The van der Waals surface area contributed by atoms with Crippen LogP contribution in [0.1, 0.15) is 25.7 Å². The van der Waals surface area contributed by atoms with Gasteiger partial charge < -0.3 is 10.4 Å². The molecule has 2 aliphatic heterocycles. The Morgan fingerprint density at radius 2 is 2.00 bits per heavy atom. The first-order chi connectivity index (χ1) is 4.35. The summed E-state index contributed by atoms with van der Waals surface area (Å²) in [7, 11) is 0. The smallest absolute Gasteiger partial charge is 0.0613 e. The summed E-state index contributed by atoms with van der Waals surface area (Å²) in [6, 6.07) is 0.733. The Morgan fingerprint density at radius 1 is 1.40 bits per heavy atom. The average Bonchev–Trinajstić information content (AvgIpc) is 2.46. The molecule has 10 heavy (non-hydrogen) atoms. The molecule has 0 spiro atoms. The number of hydrogen-bond acceptors (Lipinski definition) is 2. The molecule has 2 fully saturated rings. The van der Waals surface area contributed by atoms with Gasteiger partial charge in [0.15, 0.2) is 0 Å². The van der Waals surface area contributed by atoms with Crippen LogP contribution >= 0.6 is 12.4 Å². The molecule has 0 aromatic rings. The van der Waals surface area contributed by atoms with Crippen LogP contribution in [0.25, 0.3) is 0 Å². The predicted molar refractivity (Wildman–Crippen MR) is 42.5 cm³/mol. The normalized spacial score (nSPS) is 43.5. The highest BCUT2D eigenvalue weighted by Gasteiger charge is 2.43. The molecule has 0 unspecified atom stereocenters. The van der Waals surface area contributed by atoms with Crippen molar-refractivity contribution in [1.82, 2.24) is 5.32 Å². The summed E-state index contributed by atoms with van der Waals surface area (Å²) in [5.41, 5.74) is 0.157. The molecule has 2 bridgehead atoms. The molecule has 60 valence electrons. The van der Waals surface area contributed by atoms with E-state index < -0.39 is 0 Å². The number of aliphatic hydroxyl groups excluding tert-OH is 1. The summed E-state index contributed by atoms with van der Waals surface area (Å²) in [6.07, 6.45) is 4.93. The van der Waals surface area contributed by atoms with Gasteiger partial charge in [0.25, 0.3) is 0 Å².